The maximum absolute atomic E-state index is 12.1. The highest BCUT2D eigenvalue weighted by atomic mass is 16.2. The fraction of sp³-hybridized carbons (Fsp3) is 0.917. The average molecular weight is 225 g/mol. The van der Waals surface area contributed by atoms with Gasteiger partial charge in [0.15, 0.2) is 0 Å². The van der Waals surface area contributed by atoms with Crippen molar-refractivity contribution in [2.75, 3.05) is 39.8 Å². The van der Waals surface area contributed by atoms with Crippen LogP contribution in [0.5, 0.6) is 0 Å². The highest BCUT2D eigenvalue weighted by Gasteiger charge is 2.24. The van der Waals surface area contributed by atoms with Gasteiger partial charge in [-0.2, -0.15) is 0 Å². The van der Waals surface area contributed by atoms with Crippen LogP contribution < -0.4 is 5.32 Å². The molecule has 0 unspecified atom stereocenters. The van der Waals surface area contributed by atoms with E-state index in [9.17, 15) is 4.79 Å². The minimum atomic E-state index is 0.316. The van der Waals surface area contributed by atoms with E-state index >= 15 is 0 Å². The second kappa shape index (κ2) is 5.64. The molecule has 4 nitrogen and oxygen atoms in total. The lowest BCUT2D eigenvalue weighted by Crippen LogP contribution is -2.57. The molecule has 0 aromatic heterocycles. The number of amides is 1. The van der Waals surface area contributed by atoms with Crippen LogP contribution in [0, 0.1) is 0 Å². The van der Waals surface area contributed by atoms with Crippen LogP contribution in [0.4, 0.5) is 0 Å². The summed E-state index contributed by atoms with van der Waals surface area (Å²) in [6.45, 7) is 4.59. The Morgan fingerprint density at radius 3 is 2.38 bits per heavy atom. The highest BCUT2D eigenvalue weighted by Crippen LogP contribution is 2.10. The molecule has 92 valence electrons. The van der Waals surface area contributed by atoms with Crippen LogP contribution in [0.25, 0.3) is 0 Å². The molecule has 0 bridgehead atoms. The lowest BCUT2D eigenvalue weighted by molar-refractivity contribution is -0.132. The van der Waals surface area contributed by atoms with Crippen molar-refractivity contribution in [1.29, 1.82) is 0 Å². The van der Waals surface area contributed by atoms with E-state index in [2.05, 4.69) is 22.2 Å². The normalized spacial score (nSPS) is 23.0. The van der Waals surface area contributed by atoms with Crippen LogP contribution in [0.1, 0.15) is 25.7 Å². The number of rotatable bonds is 3. The van der Waals surface area contributed by atoms with Crippen molar-refractivity contribution in [2.45, 2.75) is 31.7 Å². The molecule has 2 aliphatic heterocycles. The molecule has 2 rings (SSSR count). The third-order valence-electron chi connectivity index (χ3n) is 3.73. The summed E-state index contributed by atoms with van der Waals surface area (Å²) >= 11 is 0. The first-order chi connectivity index (χ1) is 7.77. The lowest BCUT2D eigenvalue weighted by atomic mass is 10.1. The van der Waals surface area contributed by atoms with E-state index in [-0.39, 0.29) is 0 Å². The summed E-state index contributed by atoms with van der Waals surface area (Å²) in [6.07, 6.45) is 4.93. The van der Waals surface area contributed by atoms with Gasteiger partial charge < -0.3 is 10.2 Å². The maximum Gasteiger partial charge on any atom is 0.236 e. The van der Waals surface area contributed by atoms with Gasteiger partial charge in [-0.15, -0.1) is 0 Å². The van der Waals surface area contributed by atoms with E-state index in [1.54, 1.807) is 0 Å². The highest BCUT2D eigenvalue weighted by molar-refractivity contribution is 5.78. The third-order valence-corrected chi connectivity index (χ3v) is 3.73. The minimum absolute atomic E-state index is 0.316. The quantitative estimate of drug-likeness (QED) is 0.750. The van der Waals surface area contributed by atoms with Crippen LogP contribution in [0.2, 0.25) is 0 Å². The molecule has 1 N–H and O–H groups in total. The summed E-state index contributed by atoms with van der Waals surface area (Å²) in [5.74, 6) is 0.316. The number of likely N-dealkylation sites (tertiary alicyclic amines) is 1. The van der Waals surface area contributed by atoms with Crippen molar-refractivity contribution >= 4 is 5.91 Å². The first-order valence-electron chi connectivity index (χ1n) is 6.46. The van der Waals surface area contributed by atoms with E-state index in [1.807, 2.05) is 0 Å². The first-order valence-corrected chi connectivity index (χ1v) is 6.46. The van der Waals surface area contributed by atoms with E-state index in [4.69, 9.17) is 0 Å². The Balaban J connectivity index is 1.76. The van der Waals surface area contributed by atoms with Crippen molar-refractivity contribution < 1.29 is 4.79 Å². The Kier molecular flexibility index (Phi) is 4.18. The molecule has 2 heterocycles. The predicted molar refractivity (Wildman–Crippen MR) is 64.3 cm³/mol. The maximum atomic E-state index is 12.1. The summed E-state index contributed by atoms with van der Waals surface area (Å²) < 4.78 is 0. The lowest BCUT2D eigenvalue weighted by Gasteiger charge is -2.36. The standard InChI is InChI=1S/C12H23N3O/c1-14(11-8-13-9-11)10-12(16)15-6-4-2-3-5-7-15/h11,13H,2-10H2,1H3. The number of likely N-dealkylation sites (N-methyl/N-ethyl adjacent to an activating group) is 1. The van der Waals surface area contributed by atoms with Crippen LogP contribution >= 0.6 is 0 Å². The number of hydrogen-bond acceptors (Lipinski definition) is 3. The van der Waals surface area contributed by atoms with Gasteiger partial charge >= 0.3 is 0 Å². The Labute approximate surface area is 98.0 Å². The smallest absolute Gasteiger partial charge is 0.236 e. The largest absolute Gasteiger partial charge is 0.342 e. The van der Waals surface area contributed by atoms with Gasteiger partial charge in [0.05, 0.1) is 6.54 Å². The molecule has 2 saturated heterocycles. The first kappa shape index (κ1) is 11.9. The van der Waals surface area contributed by atoms with Gasteiger partial charge in [0.25, 0.3) is 0 Å². The van der Waals surface area contributed by atoms with Gasteiger partial charge in [-0.25, -0.2) is 0 Å². The van der Waals surface area contributed by atoms with Crippen molar-refractivity contribution in [3.63, 3.8) is 0 Å². The molecule has 1 amide bonds. The van der Waals surface area contributed by atoms with Crippen molar-refractivity contribution in [1.82, 2.24) is 15.1 Å². The van der Waals surface area contributed by atoms with E-state index in [0.29, 0.717) is 18.5 Å². The Bertz CT molecular complexity index is 232. The summed E-state index contributed by atoms with van der Waals surface area (Å²) in [4.78, 5) is 16.3. The van der Waals surface area contributed by atoms with Gasteiger partial charge in [0.2, 0.25) is 5.91 Å². The fourth-order valence-electron chi connectivity index (χ4n) is 2.35. The number of nitrogens with one attached hydrogen (secondary N) is 1. The van der Waals surface area contributed by atoms with E-state index < -0.39 is 0 Å². The predicted octanol–water partition coefficient (Wildman–Crippen LogP) is 0.293. The molecule has 16 heavy (non-hydrogen) atoms. The summed E-state index contributed by atoms with van der Waals surface area (Å²) in [5, 5.41) is 3.24. The molecule has 0 aliphatic carbocycles. The monoisotopic (exact) mass is 225 g/mol. The van der Waals surface area contributed by atoms with Crippen LogP contribution in [-0.2, 0) is 4.79 Å². The molecule has 0 spiro atoms. The summed E-state index contributed by atoms with van der Waals surface area (Å²) in [7, 11) is 2.06. The van der Waals surface area contributed by atoms with Gasteiger partial charge in [0, 0.05) is 32.2 Å². The van der Waals surface area contributed by atoms with Gasteiger partial charge in [-0.3, -0.25) is 9.69 Å². The van der Waals surface area contributed by atoms with Gasteiger partial charge in [-0.1, -0.05) is 12.8 Å². The number of carbonyl (C=O) groups excluding carboxylic acids is 1. The van der Waals surface area contributed by atoms with Gasteiger partial charge in [0.1, 0.15) is 0 Å². The van der Waals surface area contributed by atoms with Crippen molar-refractivity contribution in [2.24, 2.45) is 0 Å². The third kappa shape index (κ3) is 2.95. The molecule has 0 atom stereocenters. The van der Waals surface area contributed by atoms with Crippen LogP contribution in [-0.4, -0.2) is 61.5 Å². The second-order valence-electron chi connectivity index (χ2n) is 5.02. The average Bonchev–Trinajstić information content (AvgIpc) is 2.42. The Morgan fingerprint density at radius 2 is 1.88 bits per heavy atom. The Hall–Kier alpha value is -0.610. The van der Waals surface area contributed by atoms with E-state index in [1.165, 1.54) is 25.7 Å². The number of nitrogens with zero attached hydrogens (tertiary/aromatic N) is 2. The second-order valence-corrected chi connectivity index (χ2v) is 5.02. The molecule has 2 fully saturated rings. The zero-order valence-corrected chi connectivity index (χ0v) is 10.2. The molecule has 0 radical (unpaired) electrons. The van der Waals surface area contributed by atoms with Crippen LogP contribution in [0.15, 0.2) is 0 Å². The molecular weight excluding hydrogens is 202 g/mol. The molecule has 0 saturated carbocycles. The van der Waals surface area contributed by atoms with Crippen molar-refractivity contribution in [3.05, 3.63) is 0 Å². The van der Waals surface area contributed by atoms with Crippen LogP contribution in [0.3, 0.4) is 0 Å². The number of hydrogen-bond donors (Lipinski definition) is 1. The molecule has 0 aromatic rings. The van der Waals surface area contributed by atoms with Gasteiger partial charge in [-0.05, 0) is 19.9 Å². The minimum Gasteiger partial charge on any atom is -0.342 e. The molecular formula is C12H23N3O. The summed E-state index contributed by atoms with van der Waals surface area (Å²) in [5.41, 5.74) is 0. The SMILES string of the molecule is CN(CC(=O)N1CCCCCC1)C1CNC1. The topological polar surface area (TPSA) is 35.6 Å². The number of carbonyl (C=O) groups is 1. The summed E-state index contributed by atoms with van der Waals surface area (Å²) in [6, 6.07) is 0.566. The molecule has 0 aromatic carbocycles. The molecule has 4 heteroatoms. The molecule has 2 aliphatic rings. The zero-order valence-electron chi connectivity index (χ0n) is 10.2. The van der Waals surface area contributed by atoms with Crippen molar-refractivity contribution in [3.8, 4) is 0 Å². The Morgan fingerprint density at radius 1 is 1.25 bits per heavy atom. The fourth-order valence-corrected chi connectivity index (χ4v) is 2.35. The zero-order chi connectivity index (χ0) is 11.4. The van der Waals surface area contributed by atoms with E-state index in [0.717, 1.165) is 26.2 Å².